The van der Waals surface area contributed by atoms with E-state index in [4.69, 9.17) is 9.15 Å². The van der Waals surface area contributed by atoms with E-state index in [1.54, 1.807) is 25.3 Å². The van der Waals surface area contributed by atoms with Gasteiger partial charge >= 0.3 is 0 Å². The molecule has 1 heterocycles. The second kappa shape index (κ2) is 8.35. The number of hydrogen-bond acceptors (Lipinski definition) is 4. The lowest BCUT2D eigenvalue weighted by molar-refractivity contribution is 0.102. The quantitative estimate of drug-likeness (QED) is 0.432. The molecule has 0 spiro atoms. The van der Waals surface area contributed by atoms with Crippen molar-refractivity contribution in [3.05, 3.63) is 94.1 Å². The lowest BCUT2D eigenvalue weighted by Gasteiger charge is -2.19. The van der Waals surface area contributed by atoms with Crippen LogP contribution in [-0.2, 0) is 5.41 Å². The van der Waals surface area contributed by atoms with E-state index < -0.39 is 0 Å². The Morgan fingerprint density at radius 3 is 2.22 bits per heavy atom. The largest absolute Gasteiger partial charge is 0.497 e. The van der Waals surface area contributed by atoms with Crippen LogP contribution in [0.4, 0.5) is 5.69 Å². The number of ether oxygens (including phenoxy) is 1. The highest BCUT2D eigenvalue weighted by Gasteiger charge is 2.15. The topological polar surface area (TPSA) is 68.5 Å². The molecule has 5 heteroatoms. The molecule has 0 bridgehead atoms. The summed E-state index contributed by atoms with van der Waals surface area (Å²) in [6, 6.07) is 21.4. The fraction of sp³-hybridized carbons (Fsp3) is 0.185. The van der Waals surface area contributed by atoms with Gasteiger partial charge in [0.05, 0.1) is 12.5 Å². The molecule has 3 aromatic carbocycles. The first-order valence-electron chi connectivity index (χ1n) is 10.4. The standard InChI is InChI=1S/C27H25NO4/c1-27(2,3)19-9-5-18(6-10-19)26(30)28-20-11-14-24-22(15-20)23(29)16-25(32-24)17-7-12-21(31-4)13-8-17/h5-16H,1-4H3,(H,28,30). The number of rotatable bonds is 4. The molecule has 0 radical (unpaired) electrons. The number of benzene rings is 3. The third-order valence-corrected chi connectivity index (χ3v) is 5.37. The lowest BCUT2D eigenvalue weighted by Crippen LogP contribution is -2.14. The Morgan fingerprint density at radius 2 is 1.59 bits per heavy atom. The number of nitrogens with one attached hydrogen (secondary N) is 1. The van der Waals surface area contributed by atoms with E-state index in [-0.39, 0.29) is 16.8 Å². The van der Waals surface area contributed by atoms with Crippen LogP contribution in [0.15, 0.2) is 82.0 Å². The maximum atomic E-state index is 12.7. The van der Waals surface area contributed by atoms with Crippen LogP contribution in [0.25, 0.3) is 22.3 Å². The molecular formula is C27H25NO4. The summed E-state index contributed by atoms with van der Waals surface area (Å²) in [4.78, 5) is 25.4. The third-order valence-electron chi connectivity index (χ3n) is 5.37. The van der Waals surface area contributed by atoms with Crippen molar-refractivity contribution in [1.82, 2.24) is 0 Å². The molecule has 0 saturated carbocycles. The van der Waals surface area contributed by atoms with Crippen LogP contribution in [0.3, 0.4) is 0 Å². The molecule has 0 fully saturated rings. The van der Waals surface area contributed by atoms with Gasteiger partial charge in [0.25, 0.3) is 5.91 Å². The molecule has 1 N–H and O–H groups in total. The Hall–Kier alpha value is -3.86. The highest BCUT2D eigenvalue weighted by Crippen LogP contribution is 2.26. The van der Waals surface area contributed by atoms with E-state index in [0.717, 1.165) is 16.9 Å². The van der Waals surface area contributed by atoms with Crippen LogP contribution in [0, 0.1) is 0 Å². The summed E-state index contributed by atoms with van der Waals surface area (Å²) in [6.45, 7) is 6.38. The molecule has 1 aromatic heterocycles. The molecule has 162 valence electrons. The third kappa shape index (κ3) is 4.42. The molecule has 0 atom stereocenters. The van der Waals surface area contributed by atoms with Crippen molar-refractivity contribution in [3.8, 4) is 17.1 Å². The van der Waals surface area contributed by atoms with Gasteiger partial charge in [0.1, 0.15) is 17.1 Å². The van der Waals surface area contributed by atoms with Crippen molar-refractivity contribution < 1.29 is 13.9 Å². The summed E-state index contributed by atoms with van der Waals surface area (Å²) in [5.41, 5.74) is 3.32. The summed E-state index contributed by atoms with van der Waals surface area (Å²) < 4.78 is 11.1. The number of carbonyl (C=O) groups excluding carboxylic acids is 1. The van der Waals surface area contributed by atoms with E-state index in [1.165, 1.54) is 6.07 Å². The van der Waals surface area contributed by atoms with E-state index in [2.05, 4.69) is 26.1 Å². The maximum absolute atomic E-state index is 12.7. The summed E-state index contributed by atoms with van der Waals surface area (Å²) in [7, 11) is 1.60. The highest BCUT2D eigenvalue weighted by atomic mass is 16.5. The zero-order valence-electron chi connectivity index (χ0n) is 18.6. The number of fused-ring (bicyclic) bond motifs is 1. The lowest BCUT2D eigenvalue weighted by atomic mass is 9.87. The second-order valence-corrected chi connectivity index (χ2v) is 8.70. The molecule has 0 aliphatic heterocycles. The van der Waals surface area contributed by atoms with Gasteiger partial charge in [0.2, 0.25) is 0 Å². The van der Waals surface area contributed by atoms with Crippen molar-refractivity contribution in [2.45, 2.75) is 26.2 Å². The smallest absolute Gasteiger partial charge is 0.255 e. The average molecular weight is 428 g/mol. The van der Waals surface area contributed by atoms with E-state index in [1.807, 2.05) is 48.5 Å². The number of hydrogen-bond donors (Lipinski definition) is 1. The fourth-order valence-corrected chi connectivity index (χ4v) is 3.46. The van der Waals surface area contributed by atoms with E-state index in [9.17, 15) is 9.59 Å². The van der Waals surface area contributed by atoms with Gasteiger partial charge in [-0.2, -0.15) is 0 Å². The SMILES string of the molecule is COc1ccc(-c2cc(=O)c3cc(NC(=O)c4ccc(C(C)(C)C)cc4)ccc3o2)cc1. The Morgan fingerprint density at radius 1 is 0.906 bits per heavy atom. The van der Waals surface area contributed by atoms with Gasteiger partial charge in [0.15, 0.2) is 5.43 Å². The molecule has 1 amide bonds. The van der Waals surface area contributed by atoms with E-state index in [0.29, 0.717) is 28.0 Å². The number of anilines is 1. The second-order valence-electron chi connectivity index (χ2n) is 8.70. The minimum Gasteiger partial charge on any atom is -0.497 e. The summed E-state index contributed by atoms with van der Waals surface area (Å²) >= 11 is 0. The van der Waals surface area contributed by atoms with Crippen LogP contribution in [0.1, 0.15) is 36.7 Å². The van der Waals surface area contributed by atoms with Gasteiger partial charge in [-0.25, -0.2) is 0 Å². The predicted molar refractivity (Wildman–Crippen MR) is 128 cm³/mol. The van der Waals surface area contributed by atoms with Crippen LogP contribution in [0.2, 0.25) is 0 Å². The van der Waals surface area contributed by atoms with Gasteiger partial charge in [-0.3, -0.25) is 9.59 Å². The molecule has 4 aromatic rings. The normalized spacial score (nSPS) is 11.4. The first-order chi connectivity index (χ1) is 15.2. The predicted octanol–water partition coefficient (Wildman–Crippen LogP) is 6.02. The number of amides is 1. The minimum atomic E-state index is -0.232. The van der Waals surface area contributed by atoms with Crippen molar-refractivity contribution >= 4 is 22.6 Å². The maximum Gasteiger partial charge on any atom is 0.255 e. The summed E-state index contributed by atoms with van der Waals surface area (Å²) in [5, 5.41) is 3.27. The molecular weight excluding hydrogens is 402 g/mol. The monoisotopic (exact) mass is 427 g/mol. The van der Waals surface area contributed by atoms with Crippen molar-refractivity contribution in [3.63, 3.8) is 0 Å². The average Bonchev–Trinajstić information content (AvgIpc) is 2.79. The van der Waals surface area contributed by atoms with Crippen molar-refractivity contribution in [1.29, 1.82) is 0 Å². The van der Waals surface area contributed by atoms with Crippen LogP contribution in [0.5, 0.6) is 5.75 Å². The zero-order valence-corrected chi connectivity index (χ0v) is 18.6. The molecule has 0 unspecified atom stereocenters. The fourth-order valence-electron chi connectivity index (χ4n) is 3.46. The minimum absolute atomic E-state index is 0.0199. The Kier molecular flexibility index (Phi) is 5.57. The number of carbonyl (C=O) groups is 1. The van der Waals surface area contributed by atoms with Gasteiger partial charge in [-0.05, 0) is 65.6 Å². The highest BCUT2D eigenvalue weighted by molar-refractivity contribution is 6.05. The molecule has 0 aliphatic carbocycles. The molecule has 0 aliphatic rings. The van der Waals surface area contributed by atoms with Crippen LogP contribution in [-0.4, -0.2) is 13.0 Å². The van der Waals surface area contributed by atoms with Gasteiger partial charge < -0.3 is 14.5 Å². The Bertz CT molecular complexity index is 1330. The van der Waals surface area contributed by atoms with Crippen molar-refractivity contribution in [2.75, 3.05) is 12.4 Å². The van der Waals surface area contributed by atoms with Crippen LogP contribution >= 0.6 is 0 Å². The van der Waals surface area contributed by atoms with Gasteiger partial charge in [-0.15, -0.1) is 0 Å². The Labute approximate surface area is 186 Å². The molecule has 5 nitrogen and oxygen atoms in total. The molecule has 32 heavy (non-hydrogen) atoms. The van der Waals surface area contributed by atoms with E-state index >= 15 is 0 Å². The van der Waals surface area contributed by atoms with Crippen molar-refractivity contribution in [2.24, 2.45) is 0 Å². The molecule has 4 rings (SSSR count). The van der Waals surface area contributed by atoms with Gasteiger partial charge in [0, 0.05) is 22.9 Å². The number of methoxy groups -OCH3 is 1. The van der Waals surface area contributed by atoms with Crippen LogP contribution < -0.4 is 15.5 Å². The first-order valence-corrected chi connectivity index (χ1v) is 10.4. The summed E-state index contributed by atoms with van der Waals surface area (Å²) in [6.07, 6.45) is 0. The zero-order chi connectivity index (χ0) is 22.9. The Balaban J connectivity index is 1.59. The first kappa shape index (κ1) is 21.4. The van der Waals surface area contributed by atoms with Gasteiger partial charge in [-0.1, -0.05) is 32.9 Å². The summed E-state index contributed by atoms with van der Waals surface area (Å²) in [5.74, 6) is 0.968. The molecule has 0 saturated heterocycles.